The maximum absolute atomic E-state index is 12.5. The van der Waals surface area contributed by atoms with Gasteiger partial charge < -0.3 is 10.6 Å². The van der Waals surface area contributed by atoms with E-state index in [1.54, 1.807) is 12.1 Å². The van der Waals surface area contributed by atoms with Crippen LogP contribution in [0.25, 0.3) is 0 Å². The van der Waals surface area contributed by atoms with E-state index in [0.29, 0.717) is 17.2 Å². The minimum Gasteiger partial charge on any atom is -0.366 e. The molecule has 0 saturated carbocycles. The summed E-state index contributed by atoms with van der Waals surface area (Å²) >= 11 is 0. The average molecular weight is 275 g/mol. The van der Waals surface area contributed by atoms with Crippen LogP contribution in [0.4, 0.5) is 0 Å². The fraction of sp³-hybridized carbons (Fsp3) is 0.533. The summed E-state index contributed by atoms with van der Waals surface area (Å²) in [5.41, 5.74) is 5.86. The fourth-order valence-electron chi connectivity index (χ4n) is 2.61. The van der Waals surface area contributed by atoms with Gasteiger partial charge in [0.15, 0.2) is 0 Å². The van der Waals surface area contributed by atoms with Gasteiger partial charge in [0, 0.05) is 18.8 Å². The topological polar surface area (TPSA) is 76.3 Å². The number of piperidine rings is 1. The van der Waals surface area contributed by atoms with E-state index in [9.17, 15) is 9.59 Å². The van der Waals surface area contributed by atoms with E-state index < -0.39 is 5.91 Å². The second kappa shape index (κ2) is 6.03. The van der Waals surface area contributed by atoms with Gasteiger partial charge >= 0.3 is 0 Å². The van der Waals surface area contributed by atoms with Gasteiger partial charge in [0.25, 0.3) is 5.91 Å². The maximum Gasteiger partial charge on any atom is 0.272 e. The van der Waals surface area contributed by atoms with E-state index in [-0.39, 0.29) is 11.9 Å². The molecule has 0 spiro atoms. The molecule has 5 heteroatoms. The Morgan fingerprint density at radius 3 is 2.70 bits per heavy atom. The zero-order valence-electron chi connectivity index (χ0n) is 12.0. The number of rotatable bonds is 3. The predicted octanol–water partition coefficient (Wildman–Crippen LogP) is 1.83. The molecule has 2 amide bonds. The third-order valence-corrected chi connectivity index (χ3v) is 4.08. The number of hydrogen-bond acceptors (Lipinski definition) is 3. The van der Waals surface area contributed by atoms with Gasteiger partial charge in [-0.25, -0.2) is 0 Å². The Labute approximate surface area is 119 Å². The summed E-state index contributed by atoms with van der Waals surface area (Å²) < 4.78 is 0. The lowest BCUT2D eigenvalue weighted by Crippen LogP contribution is -2.45. The maximum atomic E-state index is 12.5. The first kappa shape index (κ1) is 14.5. The van der Waals surface area contributed by atoms with E-state index in [1.807, 2.05) is 4.90 Å². The molecule has 1 fully saturated rings. The lowest BCUT2D eigenvalue weighted by atomic mass is 9.91. The molecule has 1 aromatic rings. The van der Waals surface area contributed by atoms with Crippen LogP contribution in [0.1, 0.15) is 54.0 Å². The average Bonchev–Trinajstić information content (AvgIpc) is 2.47. The number of amides is 2. The molecule has 1 aliphatic rings. The quantitative estimate of drug-likeness (QED) is 0.914. The lowest BCUT2D eigenvalue weighted by molar-refractivity contribution is 0.0550. The number of carbonyl (C=O) groups is 2. The Morgan fingerprint density at radius 1 is 1.40 bits per heavy atom. The summed E-state index contributed by atoms with van der Waals surface area (Å²) in [7, 11) is 0. The molecule has 2 N–H and O–H groups in total. The molecule has 1 aliphatic heterocycles. The summed E-state index contributed by atoms with van der Waals surface area (Å²) in [6.07, 6.45) is 4.66. The standard InChI is InChI=1S/C15H21N3O2/c1-3-11-5-4-10(2)18(9-11)15(20)13-7-6-12(8-17-13)14(16)19/h6-8,10-11H,3-5,9H2,1-2H3,(H2,16,19)/t10-,11+/m0/s1. The SMILES string of the molecule is CC[C@@H]1CC[C@H](C)N(C(=O)c2ccc(C(N)=O)cn2)C1. The zero-order chi connectivity index (χ0) is 14.7. The number of nitrogens with two attached hydrogens (primary N) is 1. The van der Waals surface area contributed by atoms with Gasteiger partial charge in [0.2, 0.25) is 5.91 Å². The summed E-state index contributed by atoms with van der Waals surface area (Å²) in [6, 6.07) is 3.36. The fourth-order valence-corrected chi connectivity index (χ4v) is 2.61. The summed E-state index contributed by atoms with van der Waals surface area (Å²) in [4.78, 5) is 29.5. The third-order valence-electron chi connectivity index (χ3n) is 4.08. The Morgan fingerprint density at radius 2 is 2.15 bits per heavy atom. The highest BCUT2D eigenvalue weighted by molar-refractivity contribution is 5.95. The highest BCUT2D eigenvalue weighted by Crippen LogP contribution is 2.25. The monoisotopic (exact) mass is 275 g/mol. The van der Waals surface area contributed by atoms with Crippen molar-refractivity contribution in [1.82, 2.24) is 9.88 Å². The summed E-state index contributed by atoms with van der Waals surface area (Å²) in [6.45, 7) is 5.01. The van der Waals surface area contributed by atoms with Crippen molar-refractivity contribution in [1.29, 1.82) is 0 Å². The van der Waals surface area contributed by atoms with E-state index in [1.165, 1.54) is 12.6 Å². The smallest absolute Gasteiger partial charge is 0.272 e. The molecular formula is C15H21N3O2. The van der Waals surface area contributed by atoms with Crippen LogP contribution >= 0.6 is 0 Å². The molecule has 20 heavy (non-hydrogen) atoms. The van der Waals surface area contributed by atoms with Crippen molar-refractivity contribution in [3.8, 4) is 0 Å². The second-order valence-electron chi connectivity index (χ2n) is 5.45. The van der Waals surface area contributed by atoms with Crippen LogP contribution in [0.15, 0.2) is 18.3 Å². The van der Waals surface area contributed by atoms with Crippen molar-refractivity contribution >= 4 is 11.8 Å². The Balaban J connectivity index is 2.15. The Kier molecular flexibility index (Phi) is 4.37. The number of likely N-dealkylation sites (tertiary alicyclic amines) is 1. The molecule has 0 aliphatic carbocycles. The van der Waals surface area contributed by atoms with E-state index in [0.717, 1.165) is 19.4 Å². The first-order chi connectivity index (χ1) is 9.52. The molecular weight excluding hydrogens is 254 g/mol. The van der Waals surface area contributed by atoms with Crippen LogP contribution < -0.4 is 5.73 Å². The van der Waals surface area contributed by atoms with Crippen molar-refractivity contribution < 1.29 is 9.59 Å². The first-order valence-electron chi connectivity index (χ1n) is 7.09. The van der Waals surface area contributed by atoms with Gasteiger partial charge in [-0.05, 0) is 37.8 Å². The highest BCUT2D eigenvalue weighted by Gasteiger charge is 2.29. The molecule has 0 bridgehead atoms. The van der Waals surface area contributed by atoms with Crippen molar-refractivity contribution in [2.45, 2.75) is 39.2 Å². The van der Waals surface area contributed by atoms with Crippen LogP contribution in [0.3, 0.4) is 0 Å². The van der Waals surface area contributed by atoms with Crippen molar-refractivity contribution in [2.75, 3.05) is 6.54 Å². The molecule has 0 aromatic carbocycles. The molecule has 0 unspecified atom stereocenters. The molecule has 2 atom stereocenters. The number of nitrogens with zero attached hydrogens (tertiary/aromatic N) is 2. The number of primary amides is 1. The zero-order valence-corrected chi connectivity index (χ0v) is 12.0. The van der Waals surface area contributed by atoms with Crippen molar-refractivity contribution in [3.63, 3.8) is 0 Å². The van der Waals surface area contributed by atoms with Crippen molar-refractivity contribution in [3.05, 3.63) is 29.6 Å². The largest absolute Gasteiger partial charge is 0.366 e. The van der Waals surface area contributed by atoms with Crippen molar-refractivity contribution in [2.24, 2.45) is 11.7 Å². The van der Waals surface area contributed by atoms with Crippen LogP contribution in [0.5, 0.6) is 0 Å². The van der Waals surface area contributed by atoms with Gasteiger partial charge in [0.1, 0.15) is 5.69 Å². The van der Waals surface area contributed by atoms with Crippen LogP contribution in [-0.4, -0.2) is 34.3 Å². The summed E-state index contributed by atoms with van der Waals surface area (Å²) in [5, 5.41) is 0. The van der Waals surface area contributed by atoms with E-state index in [4.69, 9.17) is 5.73 Å². The third kappa shape index (κ3) is 2.98. The van der Waals surface area contributed by atoms with Gasteiger partial charge in [0.05, 0.1) is 5.56 Å². The number of hydrogen-bond donors (Lipinski definition) is 1. The highest BCUT2D eigenvalue weighted by atomic mass is 16.2. The minimum absolute atomic E-state index is 0.0633. The minimum atomic E-state index is -0.533. The normalized spacial score (nSPS) is 22.6. The van der Waals surface area contributed by atoms with E-state index in [2.05, 4.69) is 18.8 Å². The lowest BCUT2D eigenvalue weighted by Gasteiger charge is -2.37. The molecule has 5 nitrogen and oxygen atoms in total. The molecule has 0 radical (unpaired) electrons. The number of aromatic nitrogens is 1. The molecule has 2 heterocycles. The summed E-state index contributed by atoms with van der Waals surface area (Å²) in [5.74, 6) is -0.0272. The van der Waals surface area contributed by atoms with Gasteiger partial charge in [-0.2, -0.15) is 0 Å². The Bertz CT molecular complexity index is 498. The van der Waals surface area contributed by atoms with Crippen LogP contribution in [-0.2, 0) is 0 Å². The molecule has 1 saturated heterocycles. The van der Waals surface area contributed by atoms with Crippen LogP contribution in [0, 0.1) is 5.92 Å². The second-order valence-corrected chi connectivity index (χ2v) is 5.45. The predicted molar refractivity (Wildman–Crippen MR) is 76.3 cm³/mol. The first-order valence-corrected chi connectivity index (χ1v) is 7.09. The number of carbonyl (C=O) groups excluding carboxylic acids is 2. The van der Waals surface area contributed by atoms with Crippen LogP contribution in [0.2, 0.25) is 0 Å². The molecule has 108 valence electrons. The van der Waals surface area contributed by atoms with E-state index >= 15 is 0 Å². The van der Waals surface area contributed by atoms with Gasteiger partial charge in [-0.15, -0.1) is 0 Å². The van der Waals surface area contributed by atoms with Gasteiger partial charge in [-0.3, -0.25) is 14.6 Å². The molecule has 2 rings (SSSR count). The Hall–Kier alpha value is -1.91. The number of pyridine rings is 1. The molecule has 1 aromatic heterocycles. The van der Waals surface area contributed by atoms with Gasteiger partial charge in [-0.1, -0.05) is 13.3 Å².